The molecule has 33 heavy (non-hydrogen) atoms. The molecule has 1 saturated heterocycles. The summed E-state index contributed by atoms with van der Waals surface area (Å²) in [4.78, 5) is 56.9. The summed E-state index contributed by atoms with van der Waals surface area (Å²) in [5.74, 6) is -1.29. The van der Waals surface area contributed by atoms with Crippen molar-refractivity contribution in [2.24, 2.45) is 11.8 Å². The number of nitrogens with one attached hydrogen (secondary N) is 4. The molecule has 1 aliphatic rings. The summed E-state index contributed by atoms with van der Waals surface area (Å²) in [5, 5.41) is 6.16. The number of hydrogen-bond acceptors (Lipinski definition) is 6. The first-order valence-corrected chi connectivity index (χ1v) is 11.0. The molecule has 0 bridgehead atoms. The number of methoxy groups -OCH3 is 1. The Labute approximate surface area is 191 Å². The van der Waals surface area contributed by atoms with Crippen LogP contribution in [0.15, 0.2) is 24.3 Å². The van der Waals surface area contributed by atoms with Gasteiger partial charge in [0.25, 0.3) is 11.8 Å². The third kappa shape index (κ3) is 6.24. The minimum Gasteiger partial charge on any atom is -0.496 e. The first kappa shape index (κ1) is 24.1. The average Bonchev–Trinajstić information content (AvgIpc) is 3.40. The molecule has 1 aromatic heterocycles. The molecule has 1 aliphatic heterocycles. The molecule has 3 rings (SSSR count). The van der Waals surface area contributed by atoms with Crippen LogP contribution in [-0.2, 0) is 19.2 Å². The van der Waals surface area contributed by atoms with Gasteiger partial charge in [-0.1, -0.05) is 19.9 Å². The topological polar surface area (TPSA) is 139 Å². The maximum absolute atomic E-state index is 12.8. The van der Waals surface area contributed by atoms with Crippen molar-refractivity contribution in [2.75, 3.05) is 13.7 Å². The third-order valence-corrected chi connectivity index (χ3v) is 5.54. The highest BCUT2D eigenvalue weighted by Gasteiger charge is 2.27. The molecule has 1 fully saturated rings. The zero-order valence-electron chi connectivity index (χ0n) is 19.0. The van der Waals surface area contributed by atoms with E-state index in [0.717, 1.165) is 10.9 Å². The molecular weight excluding hydrogens is 428 g/mol. The van der Waals surface area contributed by atoms with Crippen molar-refractivity contribution in [3.05, 3.63) is 30.0 Å². The molecule has 0 unspecified atom stereocenters. The van der Waals surface area contributed by atoms with Gasteiger partial charge < -0.3 is 25.2 Å². The summed E-state index contributed by atoms with van der Waals surface area (Å²) in [5.41, 5.74) is 3.15. The molecule has 178 valence electrons. The van der Waals surface area contributed by atoms with E-state index in [-0.39, 0.29) is 29.9 Å². The van der Waals surface area contributed by atoms with Crippen LogP contribution in [0.4, 0.5) is 0 Å². The quantitative estimate of drug-likeness (QED) is 0.423. The fourth-order valence-electron chi connectivity index (χ4n) is 3.81. The van der Waals surface area contributed by atoms with Gasteiger partial charge in [0, 0.05) is 29.8 Å². The van der Waals surface area contributed by atoms with Crippen LogP contribution in [0.1, 0.15) is 50.0 Å². The Morgan fingerprint density at radius 3 is 2.70 bits per heavy atom. The fraction of sp³-hybridized carbons (Fsp3) is 0.478. The van der Waals surface area contributed by atoms with Crippen molar-refractivity contribution in [1.82, 2.24) is 21.1 Å². The van der Waals surface area contributed by atoms with Crippen molar-refractivity contribution < 1.29 is 28.8 Å². The van der Waals surface area contributed by atoms with Crippen LogP contribution in [-0.4, -0.2) is 48.4 Å². The SMILES string of the molecule is COc1cccc2[nH]c(C(=O)N[C@@H](CC(C)C)C(=O)NOC(=O)CC[C@H]3CCNC3=O)cc12. The lowest BCUT2D eigenvalue weighted by Crippen LogP contribution is -2.48. The highest BCUT2D eigenvalue weighted by molar-refractivity contribution is 6.01. The van der Waals surface area contributed by atoms with Gasteiger partial charge in [0.05, 0.1) is 7.11 Å². The van der Waals surface area contributed by atoms with Crippen LogP contribution in [0.5, 0.6) is 5.75 Å². The van der Waals surface area contributed by atoms with Gasteiger partial charge in [0.2, 0.25) is 5.91 Å². The standard InChI is InChI=1S/C23H30N4O6/c1-13(2)11-17(23(31)27-33-20(28)8-7-14-9-10-24-21(14)29)26-22(30)18-12-15-16(25-18)5-4-6-19(15)32-3/h4-6,12-14,17,25H,7-11H2,1-3H3,(H,24,29)(H,26,30)(H,27,31)/t14-,17-/m0/s1. The smallest absolute Gasteiger partial charge is 0.332 e. The molecule has 2 aromatic rings. The van der Waals surface area contributed by atoms with E-state index in [1.165, 1.54) is 0 Å². The van der Waals surface area contributed by atoms with E-state index in [2.05, 4.69) is 21.1 Å². The number of aromatic amines is 1. The van der Waals surface area contributed by atoms with Gasteiger partial charge >= 0.3 is 5.97 Å². The molecule has 0 saturated carbocycles. The lowest BCUT2D eigenvalue weighted by atomic mass is 10.0. The van der Waals surface area contributed by atoms with Gasteiger partial charge in [0.15, 0.2) is 0 Å². The Bertz CT molecular complexity index is 1030. The van der Waals surface area contributed by atoms with E-state index in [9.17, 15) is 19.2 Å². The van der Waals surface area contributed by atoms with E-state index >= 15 is 0 Å². The molecule has 2 heterocycles. The molecule has 10 heteroatoms. The van der Waals surface area contributed by atoms with Gasteiger partial charge in [-0.05, 0) is 43.4 Å². The van der Waals surface area contributed by atoms with Gasteiger partial charge in [0.1, 0.15) is 17.5 Å². The second-order valence-corrected chi connectivity index (χ2v) is 8.52. The molecule has 1 aromatic carbocycles. The van der Waals surface area contributed by atoms with Gasteiger partial charge in [-0.3, -0.25) is 14.4 Å². The number of hydrogen-bond donors (Lipinski definition) is 4. The van der Waals surface area contributed by atoms with E-state index in [4.69, 9.17) is 9.57 Å². The maximum atomic E-state index is 12.8. The molecule has 0 radical (unpaired) electrons. The van der Waals surface area contributed by atoms with Crippen molar-refractivity contribution in [2.45, 2.75) is 45.6 Å². The Hall–Kier alpha value is -3.56. The van der Waals surface area contributed by atoms with Crippen molar-refractivity contribution in [1.29, 1.82) is 0 Å². The Morgan fingerprint density at radius 1 is 1.24 bits per heavy atom. The van der Waals surface area contributed by atoms with Crippen LogP contribution < -0.4 is 20.9 Å². The van der Waals surface area contributed by atoms with Crippen LogP contribution in [0.25, 0.3) is 10.9 Å². The molecule has 4 N–H and O–H groups in total. The number of aromatic nitrogens is 1. The van der Waals surface area contributed by atoms with Crippen molar-refractivity contribution in [3.63, 3.8) is 0 Å². The van der Waals surface area contributed by atoms with Crippen molar-refractivity contribution in [3.8, 4) is 5.75 Å². The molecule has 0 aliphatic carbocycles. The number of rotatable bonds is 9. The second kappa shape index (κ2) is 10.8. The van der Waals surface area contributed by atoms with Gasteiger partial charge in [-0.2, -0.15) is 5.48 Å². The first-order valence-electron chi connectivity index (χ1n) is 11.0. The maximum Gasteiger partial charge on any atom is 0.332 e. The predicted octanol–water partition coefficient (Wildman–Crippen LogP) is 1.81. The number of H-pyrrole nitrogens is 1. The minimum absolute atomic E-state index is 0.0104. The molecule has 10 nitrogen and oxygen atoms in total. The van der Waals surface area contributed by atoms with Gasteiger partial charge in [-0.25, -0.2) is 4.79 Å². The summed E-state index contributed by atoms with van der Waals surface area (Å²) in [7, 11) is 1.55. The van der Waals surface area contributed by atoms with E-state index in [1.807, 2.05) is 26.0 Å². The Kier molecular flexibility index (Phi) is 7.92. The second-order valence-electron chi connectivity index (χ2n) is 8.52. The number of carbonyl (C=O) groups excluding carboxylic acids is 4. The molecule has 2 atom stereocenters. The number of amides is 3. The average molecular weight is 459 g/mol. The summed E-state index contributed by atoms with van der Waals surface area (Å²) in [6.07, 6.45) is 1.40. The highest BCUT2D eigenvalue weighted by atomic mass is 16.7. The molecule has 0 spiro atoms. The lowest BCUT2D eigenvalue weighted by molar-refractivity contribution is -0.159. The van der Waals surface area contributed by atoms with E-state index in [1.54, 1.807) is 19.2 Å². The van der Waals surface area contributed by atoms with E-state index < -0.39 is 23.8 Å². The third-order valence-electron chi connectivity index (χ3n) is 5.54. The van der Waals surface area contributed by atoms with Gasteiger partial charge in [-0.15, -0.1) is 0 Å². The summed E-state index contributed by atoms with van der Waals surface area (Å²) in [6, 6.07) is 6.18. The van der Waals surface area contributed by atoms with Crippen LogP contribution in [0.3, 0.4) is 0 Å². The minimum atomic E-state index is -0.904. The monoisotopic (exact) mass is 458 g/mol. The molecule has 3 amide bonds. The number of hydroxylamine groups is 1. The first-order chi connectivity index (χ1) is 15.8. The van der Waals surface area contributed by atoms with Crippen LogP contribution in [0, 0.1) is 11.8 Å². The van der Waals surface area contributed by atoms with Crippen molar-refractivity contribution >= 4 is 34.6 Å². The number of carbonyl (C=O) groups is 4. The van der Waals surface area contributed by atoms with Crippen LogP contribution >= 0.6 is 0 Å². The predicted molar refractivity (Wildman–Crippen MR) is 120 cm³/mol. The Morgan fingerprint density at radius 2 is 2.03 bits per heavy atom. The highest BCUT2D eigenvalue weighted by Crippen LogP contribution is 2.26. The fourth-order valence-corrected chi connectivity index (χ4v) is 3.81. The zero-order chi connectivity index (χ0) is 24.0. The number of ether oxygens (including phenoxy) is 1. The summed E-state index contributed by atoms with van der Waals surface area (Å²) < 4.78 is 5.32. The summed E-state index contributed by atoms with van der Waals surface area (Å²) in [6.45, 7) is 4.44. The molecular formula is C23H30N4O6. The lowest BCUT2D eigenvalue weighted by Gasteiger charge is -2.19. The summed E-state index contributed by atoms with van der Waals surface area (Å²) >= 11 is 0. The largest absolute Gasteiger partial charge is 0.496 e. The number of benzene rings is 1. The number of fused-ring (bicyclic) bond motifs is 1. The normalized spacial score (nSPS) is 16.4. The van der Waals surface area contributed by atoms with E-state index in [0.29, 0.717) is 31.6 Å². The van der Waals surface area contributed by atoms with Crippen LogP contribution in [0.2, 0.25) is 0 Å². The Balaban J connectivity index is 1.58. The zero-order valence-corrected chi connectivity index (χ0v) is 19.0.